The Bertz CT molecular complexity index is 494. The summed E-state index contributed by atoms with van der Waals surface area (Å²) in [5.41, 5.74) is 0.423. The summed E-state index contributed by atoms with van der Waals surface area (Å²) >= 11 is 0. The van der Waals surface area contributed by atoms with Crippen LogP contribution in [-0.2, 0) is 9.53 Å². The number of nitrogens with zero attached hydrogens (tertiary/aromatic N) is 2. The lowest BCUT2D eigenvalue weighted by atomic mass is 9.87. The highest BCUT2D eigenvalue weighted by molar-refractivity contribution is 5.89. The molecule has 0 aliphatic carbocycles. The molecule has 0 saturated carbocycles. The number of rotatable bonds is 5. The monoisotopic (exact) mass is 278 g/mol. The smallest absolute Gasteiger partial charge is 0.339 e. The quantitative estimate of drug-likeness (QED) is 0.820. The van der Waals surface area contributed by atoms with Crippen molar-refractivity contribution in [2.45, 2.75) is 13.8 Å². The van der Waals surface area contributed by atoms with Crippen LogP contribution in [0.3, 0.4) is 0 Å². The van der Waals surface area contributed by atoms with Gasteiger partial charge in [0.05, 0.1) is 18.1 Å². The first-order valence-corrected chi connectivity index (χ1v) is 6.63. The molecule has 1 atom stereocenters. The molecule has 20 heavy (non-hydrogen) atoms. The fraction of sp³-hybridized carbons (Fsp3) is 0.500. The summed E-state index contributed by atoms with van der Waals surface area (Å²) in [5, 5.41) is 8.94. The Morgan fingerprint density at radius 3 is 2.70 bits per heavy atom. The van der Waals surface area contributed by atoms with E-state index in [9.17, 15) is 9.59 Å². The van der Waals surface area contributed by atoms with E-state index >= 15 is 0 Å². The third-order valence-corrected chi connectivity index (χ3v) is 3.59. The standard InChI is InChI=1S/C14H18N2O4/c1-3-20-14(19)10-4-5-12(15-6-10)16-7-11(8-16)9(2)13(17)18/h4-6,9,11H,3,7-8H2,1-2H3,(H,17,18). The van der Waals surface area contributed by atoms with Gasteiger partial charge in [-0.25, -0.2) is 9.78 Å². The number of anilines is 1. The van der Waals surface area contributed by atoms with E-state index in [1.54, 1.807) is 26.0 Å². The van der Waals surface area contributed by atoms with E-state index < -0.39 is 5.97 Å². The van der Waals surface area contributed by atoms with Crippen LogP contribution in [0.1, 0.15) is 24.2 Å². The van der Waals surface area contributed by atoms with Gasteiger partial charge in [0.1, 0.15) is 5.82 Å². The van der Waals surface area contributed by atoms with Crippen molar-refractivity contribution >= 4 is 17.8 Å². The van der Waals surface area contributed by atoms with E-state index in [2.05, 4.69) is 4.98 Å². The number of hydrogen-bond donors (Lipinski definition) is 1. The maximum Gasteiger partial charge on any atom is 0.339 e. The minimum Gasteiger partial charge on any atom is -0.481 e. The highest BCUT2D eigenvalue weighted by Gasteiger charge is 2.35. The van der Waals surface area contributed by atoms with Crippen LogP contribution in [0.2, 0.25) is 0 Å². The summed E-state index contributed by atoms with van der Waals surface area (Å²) in [7, 11) is 0. The van der Waals surface area contributed by atoms with Gasteiger partial charge < -0.3 is 14.7 Å². The fourth-order valence-corrected chi connectivity index (χ4v) is 2.13. The first-order valence-electron chi connectivity index (χ1n) is 6.63. The van der Waals surface area contributed by atoms with Gasteiger partial charge in [0.25, 0.3) is 0 Å². The average Bonchev–Trinajstić information content (AvgIpc) is 2.37. The Labute approximate surface area is 117 Å². The number of ether oxygens (including phenoxy) is 1. The van der Waals surface area contributed by atoms with Crippen molar-refractivity contribution in [3.05, 3.63) is 23.9 Å². The van der Waals surface area contributed by atoms with Crippen molar-refractivity contribution < 1.29 is 19.4 Å². The van der Waals surface area contributed by atoms with E-state index in [0.717, 1.165) is 5.82 Å². The average molecular weight is 278 g/mol. The third-order valence-electron chi connectivity index (χ3n) is 3.59. The zero-order chi connectivity index (χ0) is 14.7. The fourth-order valence-electron chi connectivity index (χ4n) is 2.13. The largest absolute Gasteiger partial charge is 0.481 e. The third kappa shape index (κ3) is 2.89. The zero-order valence-electron chi connectivity index (χ0n) is 11.6. The first kappa shape index (κ1) is 14.3. The topological polar surface area (TPSA) is 79.7 Å². The van der Waals surface area contributed by atoms with Gasteiger partial charge in [-0.3, -0.25) is 4.79 Å². The molecule has 1 aromatic rings. The molecule has 6 heteroatoms. The van der Waals surface area contributed by atoms with E-state index in [1.807, 2.05) is 4.90 Å². The minimum absolute atomic E-state index is 0.152. The number of carbonyl (C=O) groups excluding carboxylic acids is 1. The molecule has 1 aliphatic rings. The van der Waals surface area contributed by atoms with Gasteiger partial charge in [0, 0.05) is 25.2 Å². The van der Waals surface area contributed by atoms with Crippen molar-refractivity contribution in [2.75, 3.05) is 24.6 Å². The lowest BCUT2D eigenvalue weighted by Crippen LogP contribution is -2.51. The van der Waals surface area contributed by atoms with Crippen molar-refractivity contribution in [3.8, 4) is 0 Å². The molecular formula is C14H18N2O4. The number of esters is 1. The highest BCUT2D eigenvalue weighted by Crippen LogP contribution is 2.28. The van der Waals surface area contributed by atoms with Gasteiger partial charge in [0.2, 0.25) is 0 Å². The number of carbonyl (C=O) groups is 2. The van der Waals surface area contributed by atoms with Crippen LogP contribution < -0.4 is 4.90 Å². The van der Waals surface area contributed by atoms with Crippen molar-refractivity contribution in [1.29, 1.82) is 0 Å². The molecule has 108 valence electrons. The van der Waals surface area contributed by atoms with Gasteiger partial charge >= 0.3 is 11.9 Å². The number of carboxylic acids is 1. The molecule has 2 rings (SSSR count). The number of hydrogen-bond acceptors (Lipinski definition) is 5. The molecule has 6 nitrogen and oxygen atoms in total. The van der Waals surface area contributed by atoms with Crippen LogP contribution in [0.25, 0.3) is 0 Å². The lowest BCUT2D eigenvalue weighted by Gasteiger charge is -2.42. The summed E-state index contributed by atoms with van der Waals surface area (Å²) in [4.78, 5) is 28.6. The normalized spacial score (nSPS) is 16.4. The molecule has 1 fully saturated rings. The molecule has 1 unspecified atom stereocenters. The van der Waals surface area contributed by atoms with E-state index in [-0.39, 0.29) is 17.8 Å². The lowest BCUT2D eigenvalue weighted by molar-refractivity contribution is -0.143. The molecular weight excluding hydrogens is 260 g/mol. The van der Waals surface area contributed by atoms with Gasteiger partial charge in [-0.05, 0) is 19.1 Å². The molecule has 0 amide bonds. The Kier molecular flexibility index (Phi) is 4.22. The second-order valence-corrected chi connectivity index (χ2v) is 4.92. The number of carboxylic acid groups (broad SMARTS) is 1. The van der Waals surface area contributed by atoms with Gasteiger partial charge in [-0.1, -0.05) is 6.92 Å². The second kappa shape index (κ2) is 5.90. The first-order chi connectivity index (χ1) is 9.52. The van der Waals surface area contributed by atoms with Crippen LogP contribution in [0, 0.1) is 11.8 Å². The molecule has 0 radical (unpaired) electrons. The van der Waals surface area contributed by atoms with Gasteiger partial charge in [-0.15, -0.1) is 0 Å². The minimum atomic E-state index is -0.764. The number of aromatic nitrogens is 1. The molecule has 1 saturated heterocycles. The van der Waals surface area contributed by atoms with Crippen LogP contribution >= 0.6 is 0 Å². The molecule has 0 bridgehead atoms. The Balaban J connectivity index is 1.93. The summed E-state index contributed by atoms with van der Waals surface area (Å²) in [6.45, 7) is 5.17. The van der Waals surface area contributed by atoms with Crippen molar-refractivity contribution in [2.24, 2.45) is 11.8 Å². The van der Waals surface area contributed by atoms with Gasteiger partial charge in [0.15, 0.2) is 0 Å². The van der Waals surface area contributed by atoms with E-state index in [4.69, 9.17) is 9.84 Å². The second-order valence-electron chi connectivity index (χ2n) is 4.92. The van der Waals surface area contributed by atoms with E-state index in [0.29, 0.717) is 25.3 Å². The Morgan fingerprint density at radius 1 is 1.50 bits per heavy atom. The molecule has 1 aromatic heterocycles. The van der Waals surface area contributed by atoms with Crippen LogP contribution in [-0.4, -0.2) is 41.7 Å². The predicted molar refractivity (Wildman–Crippen MR) is 72.7 cm³/mol. The van der Waals surface area contributed by atoms with Crippen molar-refractivity contribution in [1.82, 2.24) is 4.98 Å². The highest BCUT2D eigenvalue weighted by atomic mass is 16.5. The predicted octanol–water partition coefficient (Wildman–Crippen LogP) is 1.42. The van der Waals surface area contributed by atoms with E-state index in [1.165, 1.54) is 6.20 Å². The summed E-state index contributed by atoms with van der Waals surface area (Å²) in [5.74, 6) is -0.580. The SMILES string of the molecule is CCOC(=O)c1ccc(N2CC(C(C)C(=O)O)C2)nc1. The van der Waals surface area contributed by atoms with Crippen LogP contribution in [0.5, 0.6) is 0 Å². The van der Waals surface area contributed by atoms with Crippen LogP contribution in [0.4, 0.5) is 5.82 Å². The molecule has 1 aliphatic heterocycles. The summed E-state index contributed by atoms with van der Waals surface area (Å²) < 4.78 is 4.89. The van der Waals surface area contributed by atoms with Crippen molar-refractivity contribution in [3.63, 3.8) is 0 Å². The maximum absolute atomic E-state index is 11.5. The van der Waals surface area contributed by atoms with Gasteiger partial charge in [-0.2, -0.15) is 0 Å². The molecule has 1 N–H and O–H groups in total. The zero-order valence-corrected chi connectivity index (χ0v) is 11.6. The molecule has 2 heterocycles. The number of aliphatic carboxylic acids is 1. The Hall–Kier alpha value is -2.11. The molecule has 0 spiro atoms. The summed E-state index contributed by atoms with van der Waals surface area (Å²) in [6.07, 6.45) is 1.49. The maximum atomic E-state index is 11.5. The summed E-state index contributed by atoms with van der Waals surface area (Å²) in [6, 6.07) is 3.43. The molecule has 0 aromatic carbocycles. The van der Waals surface area contributed by atoms with Crippen LogP contribution in [0.15, 0.2) is 18.3 Å². The Morgan fingerprint density at radius 2 is 2.20 bits per heavy atom. The number of pyridine rings is 1.